The van der Waals surface area contributed by atoms with Gasteiger partial charge in [0.2, 0.25) is 0 Å². The maximum absolute atomic E-state index is 13.4. The Morgan fingerprint density at radius 3 is 2.41 bits per heavy atom. The molecule has 0 radical (unpaired) electrons. The zero-order chi connectivity index (χ0) is 20.1. The summed E-state index contributed by atoms with van der Waals surface area (Å²) in [4.78, 5) is 2.17. The number of hydrogen-bond acceptors (Lipinski definition) is 3. The second-order valence-electron chi connectivity index (χ2n) is 8.95. The molecule has 27 heavy (non-hydrogen) atoms. The van der Waals surface area contributed by atoms with E-state index in [-0.39, 0.29) is 16.2 Å². The summed E-state index contributed by atoms with van der Waals surface area (Å²) in [6.45, 7) is 15.2. The normalized spacial score (nSPS) is 33.3. The van der Waals surface area contributed by atoms with Gasteiger partial charge in [0.05, 0.1) is 10.5 Å². The van der Waals surface area contributed by atoms with E-state index in [0.29, 0.717) is 18.4 Å². The monoisotopic (exact) mass is 387 g/mol. The number of rotatable bonds is 3. The third-order valence-corrected chi connectivity index (χ3v) is 9.14. The Bertz CT molecular complexity index is 908. The lowest BCUT2D eigenvalue weighted by molar-refractivity contribution is -0.0796. The standard InChI is InChI=1S/C22H29NO3S/c1-16-7-9-18(10-8-16)27(25,26)22(4,23-5)17-11-14-20(2)12-6-13-21(3,24)19(20)15-17/h7-10,15,19,24H,6,11-14H2,1-4H3/t19-,20-,21-,22?/m0/s1. The second-order valence-corrected chi connectivity index (χ2v) is 11.2. The molecule has 0 amide bonds. The topological polar surface area (TPSA) is 58.7 Å². The first kappa shape index (κ1) is 20.1. The van der Waals surface area contributed by atoms with Gasteiger partial charge in [0.15, 0.2) is 0 Å². The van der Waals surface area contributed by atoms with Gasteiger partial charge in [0, 0.05) is 18.4 Å². The summed E-state index contributed by atoms with van der Waals surface area (Å²) in [5.74, 6) is -0.128. The van der Waals surface area contributed by atoms with Crippen molar-refractivity contribution in [2.45, 2.75) is 75.2 Å². The van der Waals surface area contributed by atoms with E-state index in [0.717, 1.165) is 24.8 Å². The molecule has 4 nitrogen and oxygen atoms in total. The van der Waals surface area contributed by atoms with E-state index in [1.807, 2.05) is 19.9 Å². The van der Waals surface area contributed by atoms with Crippen LogP contribution < -0.4 is 0 Å². The number of aliphatic hydroxyl groups is 1. The number of aryl methyl sites for hydroxylation is 1. The van der Waals surface area contributed by atoms with Gasteiger partial charge in [0.25, 0.3) is 9.84 Å². The highest BCUT2D eigenvalue weighted by Crippen LogP contribution is 2.55. The third kappa shape index (κ3) is 3.13. The highest BCUT2D eigenvalue weighted by Gasteiger charge is 2.55. The van der Waals surface area contributed by atoms with Gasteiger partial charge in [-0.2, -0.15) is 0 Å². The molecule has 0 saturated heterocycles. The molecule has 0 aliphatic heterocycles. The summed E-state index contributed by atoms with van der Waals surface area (Å²) in [5.41, 5.74) is 0.698. The first-order valence-electron chi connectivity index (χ1n) is 9.60. The molecular formula is C22H29NO3S. The summed E-state index contributed by atoms with van der Waals surface area (Å²) in [7, 11) is -3.87. The van der Waals surface area contributed by atoms with Crippen molar-refractivity contribution in [1.82, 2.24) is 0 Å². The quantitative estimate of drug-likeness (QED) is 0.605. The molecule has 5 heteroatoms. The van der Waals surface area contributed by atoms with Crippen molar-refractivity contribution in [3.8, 4) is 0 Å². The van der Waals surface area contributed by atoms with Gasteiger partial charge in [0.1, 0.15) is 0 Å². The van der Waals surface area contributed by atoms with Crippen LogP contribution in [0.25, 0.3) is 4.85 Å². The van der Waals surface area contributed by atoms with Crippen LogP contribution in [0.2, 0.25) is 0 Å². The Morgan fingerprint density at radius 1 is 1.19 bits per heavy atom. The molecule has 1 N–H and O–H groups in total. The lowest BCUT2D eigenvalue weighted by Crippen LogP contribution is -2.50. The fraction of sp³-hybridized carbons (Fsp3) is 0.591. The SMILES string of the molecule is [C-]#[N+]C(C)(C1=C[C@H]2[C@@](C)(CCC[C@]2(C)O)CC1)S(=O)(=O)c1ccc(C)cc1. The molecule has 0 aromatic heterocycles. The molecule has 2 aliphatic rings. The summed E-state index contributed by atoms with van der Waals surface area (Å²) in [5, 5.41) is 11.0. The zero-order valence-electron chi connectivity index (χ0n) is 16.6. The highest BCUT2D eigenvalue weighted by molar-refractivity contribution is 7.93. The Kier molecular flexibility index (Phi) is 4.81. The number of fused-ring (bicyclic) bond motifs is 1. The lowest BCUT2D eigenvalue weighted by Gasteiger charge is -2.51. The van der Waals surface area contributed by atoms with Crippen molar-refractivity contribution >= 4 is 9.84 Å². The average molecular weight is 388 g/mol. The highest BCUT2D eigenvalue weighted by atomic mass is 32.2. The molecule has 1 unspecified atom stereocenters. The molecule has 0 spiro atoms. The third-order valence-electron chi connectivity index (χ3n) is 6.85. The van der Waals surface area contributed by atoms with E-state index < -0.39 is 20.3 Å². The van der Waals surface area contributed by atoms with E-state index >= 15 is 0 Å². The van der Waals surface area contributed by atoms with E-state index in [1.165, 1.54) is 6.92 Å². The van der Waals surface area contributed by atoms with Crippen molar-refractivity contribution in [3.63, 3.8) is 0 Å². The Morgan fingerprint density at radius 2 is 1.81 bits per heavy atom. The summed E-state index contributed by atoms with van der Waals surface area (Å²) < 4.78 is 26.8. The van der Waals surface area contributed by atoms with Crippen LogP contribution in [0.5, 0.6) is 0 Å². The summed E-state index contributed by atoms with van der Waals surface area (Å²) in [6.07, 6.45) is 6.01. The maximum Gasteiger partial charge on any atom is 0.351 e. The lowest BCUT2D eigenvalue weighted by atomic mass is 9.56. The number of benzene rings is 1. The van der Waals surface area contributed by atoms with Gasteiger partial charge < -0.3 is 5.11 Å². The Labute approximate surface area is 163 Å². The van der Waals surface area contributed by atoms with Crippen LogP contribution in [-0.2, 0) is 9.84 Å². The van der Waals surface area contributed by atoms with Crippen molar-refractivity contribution < 1.29 is 13.5 Å². The Balaban J connectivity index is 2.09. The first-order chi connectivity index (χ1) is 12.5. The maximum atomic E-state index is 13.4. The van der Waals surface area contributed by atoms with E-state index in [1.54, 1.807) is 24.3 Å². The van der Waals surface area contributed by atoms with Crippen LogP contribution in [-0.4, -0.2) is 24.0 Å². The number of nitrogens with zero attached hydrogens (tertiary/aromatic N) is 1. The van der Waals surface area contributed by atoms with Gasteiger partial charge in [-0.3, -0.25) is 4.85 Å². The van der Waals surface area contributed by atoms with Crippen LogP contribution in [0.1, 0.15) is 58.4 Å². The van der Waals surface area contributed by atoms with Gasteiger partial charge in [-0.25, -0.2) is 15.0 Å². The molecule has 0 bridgehead atoms. The van der Waals surface area contributed by atoms with Crippen LogP contribution in [0.3, 0.4) is 0 Å². The zero-order valence-corrected chi connectivity index (χ0v) is 17.4. The fourth-order valence-corrected chi connectivity index (χ4v) is 6.50. The van der Waals surface area contributed by atoms with Gasteiger partial charge in [-0.05, 0) is 57.1 Å². The fourth-order valence-electron chi connectivity index (χ4n) is 4.92. The van der Waals surface area contributed by atoms with Crippen molar-refractivity contribution in [2.75, 3.05) is 0 Å². The minimum Gasteiger partial charge on any atom is -0.390 e. The molecule has 146 valence electrons. The first-order valence-corrected chi connectivity index (χ1v) is 11.1. The minimum absolute atomic E-state index is 0.0399. The number of sulfone groups is 1. The molecule has 0 heterocycles. The summed E-state index contributed by atoms with van der Waals surface area (Å²) in [6, 6.07) is 6.68. The average Bonchev–Trinajstić information content (AvgIpc) is 2.60. The van der Waals surface area contributed by atoms with Crippen LogP contribution in [0.4, 0.5) is 0 Å². The van der Waals surface area contributed by atoms with E-state index in [2.05, 4.69) is 11.8 Å². The van der Waals surface area contributed by atoms with Gasteiger partial charge >= 0.3 is 4.87 Å². The molecular weight excluding hydrogens is 358 g/mol. The predicted molar refractivity (Wildman–Crippen MR) is 107 cm³/mol. The van der Waals surface area contributed by atoms with E-state index in [9.17, 15) is 13.5 Å². The number of hydrogen-bond donors (Lipinski definition) is 1. The van der Waals surface area contributed by atoms with Crippen LogP contribution >= 0.6 is 0 Å². The molecule has 4 atom stereocenters. The Hall–Kier alpha value is -1.64. The molecule has 1 saturated carbocycles. The van der Waals surface area contributed by atoms with Crippen LogP contribution in [0.15, 0.2) is 40.8 Å². The molecule has 3 rings (SSSR count). The van der Waals surface area contributed by atoms with E-state index in [4.69, 9.17) is 6.57 Å². The smallest absolute Gasteiger partial charge is 0.351 e. The molecule has 2 aliphatic carbocycles. The largest absolute Gasteiger partial charge is 0.390 e. The summed E-state index contributed by atoms with van der Waals surface area (Å²) >= 11 is 0. The molecule has 1 aromatic rings. The molecule has 1 aromatic carbocycles. The molecule has 1 fully saturated rings. The van der Waals surface area contributed by atoms with Crippen LogP contribution in [0, 0.1) is 24.8 Å². The second kappa shape index (κ2) is 6.46. The van der Waals surface area contributed by atoms with Crippen molar-refractivity contribution in [1.29, 1.82) is 0 Å². The van der Waals surface area contributed by atoms with Crippen molar-refractivity contribution in [2.24, 2.45) is 11.3 Å². The van der Waals surface area contributed by atoms with Crippen molar-refractivity contribution in [3.05, 3.63) is 52.9 Å². The van der Waals surface area contributed by atoms with Gasteiger partial charge in [-0.15, -0.1) is 0 Å². The minimum atomic E-state index is -3.87. The predicted octanol–water partition coefficient (Wildman–Crippen LogP) is 4.68. The van der Waals surface area contributed by atoms with Gasteiger partial charge in [-0.1, -0.05) is 37.1 Å².